The number of rotatable bonds is 5. The van der Waals surface area contributed by atoms with Gasteiger partial charge in [-0.2, -0.15) is 0 Å². The van der Waals surface area contributed by atoms with E-state index in [2.05, 4.69) is 10.0 Å². The molecule has 2 N–H and O–H groups in total. The Morgan fingerprint density at radius 3 is 2.68 bits per heavy atom. The number of sulfonamides is 1. The predicted molar refractivity (Wildman–Crippen MR) is 98.3 cm³/mol. The van der Waals surface area contributed by atoms with Crippen LogP contribution < -0.4 is 10.0 Å². The number of benzene rings is 2. The maximum absolute atomic E-state index is 14.2. The van der Waals surface area contributed by atoms with E-state index in [1.54, 1.807) is 6.07 Å². The minimum absolute atomic E-state index is 0.00226. The summed E-state index contributed by atoms with van der Waals surface area (Å²) in [5.74, 6) is -0.252. The topological polar surface area (TPSA) is 58.2 Å². The first-order valence-corrected chi connectivity index (χ1v) is 10.4. The van der Waals surface area contributed by atoms with Crippen LogP contribution in [0, 0.1) is 5.82 Å². The van der Waals surface area contributed by atoms with Gasteiger partial charge < -0.3 is 5.32 Å². The third-order valence-corrected chi connectivity index (χ3v) is 5.25. The second-order valence-corrected chi connectivity index (χ2v) is 8.36. The summed E-state index contributed by atoms with van der Waals surface area (Å²) < 4.78 is 40.1. The summed E-state index contributed by atoms with van der Waals surface area (Å²) in [6.45, 7) is 0.860. The highest BCUT2D eigenvalue weighted by molar-refractivity contribution is 7.88. The van der Waals surface area contributed by atoms with Gasteiger partial charge in [0.25, 0.3) is 0 Å². The summed E-state index contributed by atoms with van der Waals surface area (Å²) in [5, 5.41) is 3.39. The summed E-state index contributed by atoms with van der Waals surface area (Å²) in [6, 6.07) is 14.4. The molecule has 0 amide bonds. The Morgan fingerprint density at radius 2 is 1.96 bits per heavy atom. The minimum atomic E-state index is -3.26. The van der Waals surface area contributed by atoms with Gasteiger partial charge in [-0.05, 0) is 49.1 Å². The fourth-order valence-corrected chi connectivity index (χ4v) is 4.21. The maximum Gasteiger partial charge on any atom is 0.209 e. The fourth-order valence-electron chi connectivity index (χ4n) is 3.38. The third kappa shape index (κ3) is 4.87. The van der Waals surface area contributed by atoms with Crippen molar-refractivity contribution in [3.8, 4) is 11.1 Å². The lowest BCUT2D eigenvalue weighted by Gasteiger charge is -2.33. The molecule has 25 heavy (non-hydrogen) atoms. The lowest BCUT2D eigenvalue weighted by Crippen LogP contribution is -2.54. The van der Waals surface area contributed by atoms with Gasteiger partial charge in [-0.25, -0.2) is 17.5 Å². The van der Waals surface area contributed by atoms with Gasteiger partial charge in [0.05, 0.1) is 6.26 Å². The molecule has 1 aliphatic heterocycles. The largest absolute Gasteiger partial charge is 0.312 e. The van der Waals surface area contributed by atoms with Crippen LogP contribution in [0.15, 0.2) is 48.5 Å². The van der Waals surface area contributed by atoms with Crippen LogP contribution in [0.3, 0.4) is 0 Å². The van der Waals surface area contributed by atoms with Crippen LogP contribution in [0.4, 0.5) is 4.39 Å². The molecule has 0 unspecified atom stereocenters. The first kappa shape index (κ1) is 18.0. The van der Waals surface area contributed by atoms with E-state index >= 15 is 0 Å². The van der Waals surface area contributed by atoms with Crippen LogP contribution in [0.5, 0.6) is 0 Å². The van der Waals surface area contributed by atoms with Crippen molar-refractivity contribution in [1.82, 2.24) is 10.0 Å². The van der Waals surface area contributed by atoms with Crippen LogP contribution in [0.25, 0.3) is 11.1 Å². The number of halogens is 1. The number of nitrogens with one attached hydrogen (secondary N) is 2. The third-order valence-electron chi connectivity index (χ3n) is 4.52. The van der Waals surface area contributed by atoms with Crippen molar-refractivity contribution < 1.29 is 12.8 Å². The Kier molecular flexibility index (Phi) is 5.51. The van der Waals surface area contributed by atoms with E-state index < -0.39 is 10.0 Å². The average molecular weight is 362 g/mol. The van der Waals surface area contributed by atoms with Crippen LogP contribution in [-0.4, -0.2) is 33.3 Å². The van der Waals surface area contributed by atoms with Crippen molar-refractivity contribution in [3.05, 3.63) is 59.9 Å². The molecule has 0 aromatic heterocycles. The van der Waals surface area contributed by atoms with Crippen LogP contribution in [0.2, 0.25) is 0 Å². The van der Waals surface area contributed by atoms with Gasteiger partial charge in [0.15, 0.2) is 0 Å². The van der Waals surface area contributed by atoms with E-state index in [4.69, 9.17) is 0 Å². The molecule has 6 heteroatoms. The van der Waals surface area contributed by atoms with Crippen molar-refractivity contribution in [2.45, 2.75) is 31.3 Å². The summed E-state index contributed by atoms with van der Waals surface area (Å²) in [7, 11) is -3.26. The molecule has 2 aromatic carbocycles. The van der Waals surface area contributed by atoms with Crippen molar-refractivity contribution in [2.75, 3.05) is 12.8 Å². The van der Waals surface area contributed by atoms with Gasteiger partial charge in [0.2, 0.25) is 10.0 Å². The quantitative estimate of drug-likeness (QED) is 0.860. The Balaban J connectivity index is 1.82. The molecule has 0 bridgehead atoms. The number of hydrogen-bond donors (Lipinski definition) is 2. The van der Waals surface area contributed by atoms with Gasteiger partial charge >= 0.3 is 0 Å². The van der Waals surface area contributed by atoms with Crippen molar-refractivity contribution in [1.29, 1.82) is 0 Å². The monoisotopic (exact) mass is 362 g/mol. The predicted octanol–water partition coefficient (Wildman–Crippen LogP) is 2.71. The lowest BCUT2D eigenvalue weighted by molar-refractivity contribution is 0.329. The first-order chi connectivity index (χ1) is 11.9. The van der Waals surface area contributed by atoms with Crippen LogP contribution in [-0.2, 0) is 16.4 Å². The van der Waals surface area contributed by atoms with E-state index in [1.807, 2.05) is 36.4 Å². The number of piperidine rings is 1. The van der Waals surface area contributed by atoms with Crippen molar-refractivity contribution >= 4 is 10.0 Å². The van der Waals surface area contributed by atoms with Crippen LogP contribution in [0.1, 0.15) is 18.4 Å². The second-order valence-electron chi connectivity index (χ2n) is 6.58. The number of hydrogen-bond acceptors (Lipinski definition) is 3. The van der Waals surface area contributed by atoms with E-state index in [9.17, 15) is 12.8 Å². The van der Waals surface area contributed by atoms with Gasteiger partial charge in [-0.1, -0.05) is 36.4 Å². The fraction of sp³-hybridized carbons (Fsp3) is 0.368. The molecular weight excluding hydrogens is 339 g/mol. The first-order valence-electron chi connectivity index (χ1n) is 8.47. The standard InChI is InChI=1S/C19H23FN2O2S/c1-25(23,24)22-18-8-5-11-21-19(18)13-14-9-10-17(20)16(12-14)15-6-3-2-4-7-15/h2-4,6-7,9-10,12,18-19,21-22H,5,8,11,13H2,1H3/t18-,19-/m0/s1. The maximum atomic E-state index is 14.2. The van der Waals surface area contributed by atoms with Gasteiger partial charge in [0.1, 0.15) is 5.82 Å². The highest BCUT2D eigenvalue weighted by Gasteiger charge is 2.27. The molecule has 1 aliphatic rings. The normalized spacial score (nSPS) is 21.2. The summed E-state index contributed by atoms with van der Waals surface area (Å²) in [4.78, 5) is 0. The molecule has 3 rings (SSSR count). The van der Waals surface area contributed by atoms with Crippen LogP contribution >= 0.6 is 0 Å². The molecule has 0 aliphatic carbocycles. The molecule has 134 valence electrons. The molecule has 1 saturated heterocycles. The highest BCUT2D eigenvalue weighted by Crippen LogP contribution is 2.25. The Hall–Kier alpha value is -1.76. The zero-order valence-corrected chi connectivity index (χ0v) is 15.0. The van der Waals surface area contributed by atoms with Gasteiger partial charge in [-0.3, -0.25) is 0 Å². The molecule has 4 nitrogen and oxygen atoms in total. The van der Waals surface area contributed by atoms with E-state index in [0.29, 0.717) is 12.0 Å². The SMILES string of the molecule is CS(=O)(=O)N[C@H]1CCCN[C@H]1Cc1ccc(F)c(-c2ccccc2)c1. The Bertz CT molecular complexity index is 825. The molecule has 0 saturated carbocycles. The van der Waals surface area contributed by atoms with Crippen molar-refractivity contribution in [3.63, 3.8) is 0 Å². The molecule has 0 radical (unpaired) electrons. The molecule has 2 aromatic rings. The molecule has 0 spiro atoms. The molecule has 1 fully saturated rings. The highest BCUT2D eigenvalue weighted by atomic mass is 32.2. The smallest absolute Gasteiger partial charge is 0.209 e. The van der Waals surface area contributed by atoms with Gasteiger partial charge in [-0.15, -0.1) is 0 Å². The lowest BCUT2D eigenvalue weighted by atomic mass is 9.92. The zero-order valence-electron chi connectivity index (χ0n) is 14.2. The molecule has 2 atom stereocenters. The van der Waals surface area contributed by atoms with Gasteiger partial charge in [0, 0.05) is 17.6 Å². The van der Waals surface area contributed by atoms with E-state index in [0.717, 1.165) is 30.5 Å². The summed E-state index contributed by atoms with van der Waals surface area (Å²) >= 11 is 0. The summed E-state index contributed by atoms with van der Waals surface area (Å²) in [5.41, 5.74) is 2.39. The summed E-state index contributed by atoms with van der Waals surface area (Å²) in [6.07, 6.45) is 3.57. The molecule has 1 heterocycles. The second kappa shape index (κ2) is 7.64. The minimum Gasteiger partial charge on any atom is -0.312 e. The molecular formula is C19H23FN2O2S. The van der Waals surface area contributed by atoms with Crippen molar-refractivity contribution in [2.24, 2.45) is 0 Å². The van der Waals surface area contributed by atoms with E-state index in [1.165, 1.54) is 12.3 Å². The zero-order chi connectivity index (χ0) is 17.9. The van der Waals surface area contributed by atoms with E-state index in [-0.39, 0.29) is 17.9 Å². The Morgan fingerprint density at radius 1 is 1.20 bits per heavy atom. The average Bonchev–Trinajstić information content (AvgIpc) is 2.58. The Labute approximate surface area is 148 Å².